The van der Waals surface area contributed by atoms with Gasteiger partial charge in [0.2, 0.25) is 15.8 Å². The number of nitrogens with one attached hydrogen (secondary N) is 1. The lowest BCUT2D eigenvalue weighted by molar-refractivity contribution is 0.210. The molecule has 154 valence electrons. The third-order valence-corrected chi connectivity index (χ3v) is 6.00. The average molecular weight is 413 g/mol. The van der Waals surface area contributed by atoms with Gasteiger partial charge in [0.05, 0.1) is 5.25 Å². The Morgan fingerprint density at radius 1 is 0.964 bits per heavy atom. The molecule has 0 saturated heterocycles. The molecule has 0 radical (unpaired) electrons. The number of ether oxygens (including phenoxy) is 2. The predicted octanol–water partition coefficient (Wildman–Crippen LogP) is 3.85. The van der Waals surface area contributed by atoms with E-state index in [0.717, 1.165) is 11.6 Å². The smallest absolute Gasteiger partial charge is 0.213 e. The predicted molar refractivity (Wildman–Crippen MR) is 104 cm³/mol. The lowest BCUT2D eigenvalue weighted by Gasteiger charge is -2.15. The van der Waals surface area contributed by atoms with Gasteiger partial charge < -0.3 is 9.47 Å². The third kappa shape index (κ3) is 6.17. The minimum absolute atomic E-state index is 0.00172. The molecule has 0 amide bonds. The van der Waals surface area contributed by atoms with Gasteiger partial charge in [-0.05, 0) is 49.6 Å². The van der Waals surface area contributed by atoms with Gasteiger partial charge in [0.25, 0.3) is 0 Å². The molecular weight excluding hydrogens is 388 g/mol. The lowest BCUT2D eigenvalue weighted by Crippen LogP contribution is -2.33. The minimum atomic E-state index is -3.29. The molecule has 0 bridgehead atoms. The van der Waals surface area contributed by atoms with Crippen molar-refractivity contribution in [2.75, 3.05) is 19.8 Å². The van der Waals surface area contributed by atoms with E-state index in [1.807, 2.05) is 19.1 Å². The highest BCUT2D eigenvalue weighted by molar-refractivity contribution is 7.90. The van der Waals surface area contributed by atoms with Gasteiger partial charge in [-0.2, -0.15) is 4.39 Å². The van der Waals surface area contributed by atoms with Gasteiger partial charge in [-0.25, -0.2) is 17.5 Å². The zero-order valence-electron chi connectivity index (χ0n) is 16.1. The summed E-state index contributed by atoms with van der Waals surface area (Å²) in [6, 6.07) is 11.0. The second kappa shape index (κ2) is 9.84. The Balaban J connectivity index is 1.80. The van der Waals surface area contributed by atoms with Crippen LogP contribution in [0.1, 0.15) is 32.3 Å². The number of benzene rings is 2. The van der Waals surface area contributed by atoms with E-state index >= 15 is 0 Å². The van der Waals surface area contributed by atoms with E-state index in [1.54, 1.807) is 26.0 Å². The van der Waals surface area contributed by atoms with Crippen molar-refractivity contribution in [2.24, 2.45) is 0 Å². The van der Waals surface area contributed by atoms with E-state index < -0.39 is 26.9 Å². The molecule has 5 nitrogen and oxygen atoms in total. The summed E-state index contributed by atoms with van der Waals surface area (Å²) in [4.78, 5) is 0. The van der Waals surface area contributed by atoms with Gasteiger partial charge in [0, 0.05) is 6.54 Å². The Hall–Kier alpha value is -2.19. The van der Waals surface area contributed by atoms with E-state index in [1.165, 1.54) is 12.1 Å². The summed E-state index contributed by atoms with van der Waals surface area (Å²) in [6.07, 6.45) is 0. The maximum absolute atomic E-state index is 13.5. The van der Waals surface area contributed by atoms with Crippen LogP contribution < -0.4 is 14.2 Å². The number of rotatable bonds is 10. The van der Waals surface area contributed by atoms with Gasteiger partial charge in [0.1, 0.15) is 19.0 Å². The molecule has 0 aliphatic carbocycles. The summed E-state index contributed by atoms with van der Waals surface area (Å²) < 4.78 is 63.5. The molecule has 0 aromatic heterocycles. The van der Waals surface area contributed by atoms with Crippen LogP contribution >= 0.6 is 0 Å². The SMILES string of the molecule is CC(CNS(=O)(=O)C(C)C)c1ccc(OCCOc2cccc(F)c2F)cc1. The van der Waals surface area contributed by atoms with Crippen LogP contribution in [0.15, 0.2) is 42.5 Å². The molecule has 28 heavy (non-hydrogen) atoms. The zero-order chi connectivity index (χ0) is 20.7. The fraction of sp³-hybridized carbons (Fsp3) is 0.400. The highest BCUT2D eigenvalue weighted by Gasteiger charge is 2.17. The van der Waals surface area contributed by atoms with Crippen LogP contribution in [0.25, 0.3) is 0 Å². The fourth-order valence-corrected chi connectivity index (χ4v) is 3.14. The van der Waals surface area contributed by atoms with E-state index in [-0.39, 0.29) is 24.9 Å². The van der Waals surface area contributed by atoms with Crippen LogP contribution in [-0.4, -0.2) is 33.4 Å². The van der Waals surface area contributed by atoms with Crippen LogP contribution in [0.2, 0.25) is 0 Å². The number of halogens is 2. The van der Waals surface area contributed by atoms with Crippen molar-refractivity contribution < 1.29 is 26.7 Å². The summed E-state index contributed by atoms with van der Waals surface area (Å²) in [5.41, 5.74) is 0.969. The summed E-state index contributed by atoms with van der Waals surface area (Å²) >= 11 is 0. The topological polar surface area (TPSA) is 64.6 Å². The molecule has 0 fully saturated rings. The molecule has 0 spiro atoms. The summed E-state index contributed by atoms with van der Waals surface area (Å²) in [5, 5.41) is -0.474. The third-order valence-electron chi connectivity index (χ3n) is 4.19. The first kappa shape index (κ1) is 22.1. The number of hydrogen-bond donors (Lipinski definition) is 1. The molecule has 0 aliphatic rings. The first-order valence-corrected chi connectivity index (χ1v) is 10.5. The van der Waals surface area contributed by atoms with Gasteiger partial charge in [-0.3, -0.25) is 0 Å². The summed E-state index contributed by atoms with van der Waals surface area (Å²) in [6.45, 7) is 5.74. The van der Waals surface area contributed by atoms with Crippen LogP contribution in [0.4, 0.5) is 8.78 Å². The summed E-state index contributed by atoms with van der Waals surface area (Å²) in [7, 11) is -3.29. The maximum Gasteiger partial charge on any atom is 0.213 e. The molecule has 2 rings (SSSR count). The average Bonchev–Trinajstić information content (AvgIpc) is 2.67. The second-order valence-corrected chi connectivity index (χ2v) is 8.98. The lowest BCUT2D eigenvalue weighted by atomic mass is 10.0. The molecule has 1 unspecified atom stereocenters. The van der Waals surface area contributed by atoms with Crippen molar-refractivity contribution in [3.63, 3.8) is 0 Å². The molecule has 1 atom stereocenters. The van der Waals surface area contributed by atoms with Crippen molar-refractivity contribution in [2.45, 2.75) is 31.9 Å². The Labute approximate surface area is 164 Å². The van der Waals surface area contributed by atoms with E-state index in [4.69, 9.17) is 9.47 Å². The molecule has 0 saturated carbocycles. The van der Waals surface area contributed by atoms with Crippen molar-refractivity contribution in [1.29, 1.82) is 0 Å². The standard InChI is InChI=1S/C20H25F2NO4S/c1-14(2)28(24,25)23-13-15(3)16-7-9-17(10-8-16)26-11-12-27-19-6-4-5-18(21)20(19)22/h4-10,14-15,23H,11-13H2,1-3H3. The van der Waals surface area contributed by atoms with E-state index in [9.17, 15) is 17.2 Å². The first-order chi connectivity index (χ1) is 13.2. The van der Waals surface area contributed by atoms with Gasteiger partial charge in [0.15, 0.2) is 11.6 Å². The van der Waals surface area contributed by atoms with Crippen LogP contribution in [-0.2, 0) is 10.0 Å². The van der Waals surface area contributed by atoms with Gasteiger partial charge in [-0.1, -0.05) is 25.1 Å². The largest absolute Gasteiger partial charge is 0.490 e. The number of hydrogen-bond acceptors (Lipinski definition) is 4. The minimum Gasteiger partial charge on any atom is -0.490 e. The molecule has 2 aromatic carbocycles. The van der Waals surface area contributed by atoms with Gasteiger partial charge in [-0.15, -0.1) is 0 Å². The summed E-state index contributed by atoms with van der Waals surface area (Å²) in [5.74, 6) is -1.53. The van der Waals surface area contributed by atoms with Crippen LogP contribution in [0, 0.1) is 11.6 Å². The number of sulfonamides is 1. The Morgan fingerprint density at radius 3 is 2.25 bits per heavy atom. The van der Waals surface area contributed by atoms with Crippen LogP contribution in [0.3, 0.4) is 0 Å². The van der Waals surface area contributed by atoms with E-state index in [0.29, 0.717) is 12.3 Å². The zero-order valence-corrected chi connectivity index (χ0v) is 16.9. The molecule has 0 aliphatic heterocycles. The Kier molecular flexibility index (Phi) is 7.77. The normalized spacial score (nSPS) is 12.8. The van der Waals surface area contributed by atoms with E-state index in [2.05, 4.69) is 4.72 Å². The van der Waals surface area contributed by atoms with Crippen molar-refractivity contribution in [3.05, 3.63) is 59.7 Å². The molecule has 2 aromatic rings. The Morgan fingerprint density at radius 2 is 1.61 bits per heavy atom. The van der Waals surface area contributed by atoms with Crippen molar-refractivity contribution in [3.8, 4) is 11.5 Å². The van der Waals surface area contributed by atoms with Gasteiger partial charge >= 0.3 is 0 Å². The Bertz CT molecular complexity index is 870. The van der Waals surface area contributed by atoms with Crippen molar-refractivity contribution >= 4 is 10.0 Å². The van der Waals surface area contributed by atoms with Crippen molar-refractivity contribution in [1.82, 2.24) is 4.72 Å². The molecular formula is C20H25F2NO4S. The quantitative estimate of drug-likeness (QED) is 0.601. The molecule has 0 heterocycles. The fourth-order valence-electron chi connectivity index (χ4n) is 2.32. The molecule has 8 heteroatoms. The highest BCUT2D eigenvalue weighted by atomic mass is 32.2. The highest BCUT2D eigenvalue weighted by Crippen LogP contribution is 2.20. The maximum atomic E-state index is 13.5. The molecule has 1 N–H and O–H groups in total. The monoisotopic (exact) mass is 413 g/mol. The second-order valence-electron chi connectivity index (χ2n) is 6.66. The van der Waals surface area contributed by atoms with Crippen LogP contribution in [0.5, 0.6) is 11.5 Å². The first-order valence-electron chi connectivity index (χ1n) is 8.98.